The van der Waals surface area contributed by atoms with Gasteiger partial charge >= 0.3 is 0 Å². The fourth-order valence-electron chi connectivity index (χ4n) is 3.48. The molecule has 0 unspecified atom stereocenters. The fourth-order valence-corrected chi connectivity index (χ4v) is 3.48. The normalized spacial score (nSPS) is 14.0. The van der Waals surface area contributed by atoms with Crippen LogP contribution in [0.15, 0.2) is 55.0 Å². The summed E-state index contributed by atoms with van der Waals surface area (Å²) in [7, 11) is 0. The smallest absolute Gasteiger partial charge is 0.100 e. The number of H-pyrrole nitrogens is 1. The molecule has 3 aromatic heterocycles. The molecule has 5 heteroatoms. The summed E-state index contributed by atoms with van der Waals surface area (Å²) in [6, 6.07) is 12.7. The predicted octanol–water partition coefficient (Wildman–Crippen LogP) is 3.20. The SMILES string of the molecule is c1cc(-c2c(-c3ccc4[nH]ccc4c3)nn3c2CNCC3)ccn1. The Morgan fingerprint density at radius 2 is 1.92 bits per heavy atom. The van der Waals surface area contributed by atoms with Crippen molar-refractivity contribution in [2.24, 2.45) is 0 Å². The van der Waals surface area contributed by atoms with Gasteiger partial charge in [-0.3, -0.25) is 9.67 Å². The molecule has 5 nitrogen and oxygen atoms in total. The highest BCUT2D eigenvalue weighted by atomic mass is 15.3. The quantitative estimate of drug-likeness (QED) is 0.597. The second-order valence-electron chi connectivity index (χ2n) is 6.09. The van der Waals surface area contributed by atoms with Gasteiger partial charge in [0, 0.05) is 53.7 Å². The lowest BCUT2D eigenvalue weighted by molar-refractivity contribution is 0.477. The Morgan fingerprint density at radius 3 is 2.83 bits per heavy atom. The summed E-state index contributed by atoms with van der Waals surface area (Å²) in [5, 5.41) is 9.60. The van der Waals surface area contributed by atoms with Crippen LogP contribution in [-0.2, 0) is 13.1 Å². The van der Waals surface area contributed by atoms with Crippen LogP contribution in [0.3, 0.4) is 0 Å². The third-order valence-corrected chi connectivity index (χ3v) is 4.65. The second kappa shape index (κ2) is 5.32. The number of aromatic amines is 1. The van der Waals surface area contributed by atoms with Crippen LogP contribution in [0.4, 0.5) is 0 Å². The van der Waals surface area contributed by atoms with Crippen LogP contribution in [0, 0.1) is 0 Å². The maximum atomic E-state index is 4.93. The summed E-state index contributed by atoms with van der Waals surface area (Å²) >= 11 is 0. The average Bonchev–Trinajstić information content (AvgIpc) is 3.26. The Balaban J connectivity index is 1.76. The summed E-state index contributed by atoms with van der Waals surface area (Å²) in [4.78, 5) is 7.41. The molecule has 0 radical (unpaired) electrons. The molecule has 0 atom stereocenters. The molecule has 2 N–H and O–H groups in total. The Labute approximate surface area is 139 Å². The lowest BCUT2D eigenvalue weighted by atomic mass is 9.98. The van der Waals surface area contributed by atoms with Gasteiger partial charge in [-0.05, 0) is 35.9 Å². The van der Waals surface area contributed by atoms with Crippen LogP contribution in [0.5, 0.6) is 0 Å². The van der Waals surface area contributed by atoms with Crippen molar-refractivity contribution in [3.8, 4) is 22.4 Å². The van der Waals surface area contributed by atoms with Crippen molar-refractivity contribution in [2.75, 3.05) is 6.54 Å². The number of hydrogen-bond donors (Lipinski definition) is 2. The van der Waals surface area contributed by atoms with Gasteiger partial charge in [0.2, 0.25) is 0 Å². The van der Waals surface area contributed by atoms with Gasteiger partial charge in [0.1, 0.15) is 5.69 Å². The molecule has 0 spiro atoms. The molecule has 0 aliphatic carbocycles. The van der Waals surface area contributed by atoms with Crippen molar-refractivity contribution >= 4 is 10.9 Å². The lowest BCUT2D eigenvalue weighted by Gasteiger charge is -2.16. The van der Waals surface area contributed by atoms with E-state index in [-0.39, 0.29) is 0 Å². The van der Waals surface area contributed by atoms with Crippen LogP contribution >= 0.6 is 0 Å². The minimum Gasteiger partial charge on any atom is -0.361 e. The monoisotopic (exact) mass is 315 g/mol. The van der Waals surface area contributed by atoms with Crippen molar-refractivity contribution in [3.63, 3.8) is 0 Å². The minimum atomic E-state index is 0.844. The molecular formula is C19H17N5. The zero-order valence-electron chi connectivity index (χ0n) is 13.2. The van der Waals surface area contributed by atoms with E-state index < -0.39 is 0 Å². The highest BCUT2D eigenvalue weighted by Gasteiger charge is 2.22. The molecule has 1 aliphatic heterocycles. The minimum absolute atomic E-state index is 0.844. The van der Waals surface area contributed by atoms with Crippen molar-refractivity contribution in [1.82, 2.24) is 25.1 Å². The molecule has 5 rings (SSSR count). The van der Waals surface area contributed by atoms with Gasteiger partial charge < -0.3 is 10.3 Å². The number of nitrogens with zero attached hydrogens (tertiary/aromatic N) is 3. The summed E-state index contributed by atoms with van der Waals surface area (Å²) in [5.74, 6) is 0. The molecule has 118 valence electrons. The van der Waals surface area contributed by atoms with Crippen molar-refractivity contribution < 1.29 is 0 Å². The van der Waals surface area contributed by atoms with Crippen molar-refractivity contribution in [1.29, 1.82) is 0 Å². The van der Waals surface area contributed by atoms with Gasteiger partial charge in [0.15, 0.2) is 0 Å². The van der Waals surface area contributed by atoms with E-state index in [1.165, 1.54) is 22.2 Å². The fraction of sp³-hybridized carbons (Fsp3) is 0.158. The summed E-state index contributed by atoms with van der Waals surface area (Å²) < 4.78 is 2.14. The first kappa shape index (κ1) is 13.5. The van der Waals surface area contributed by atoms with Gasteiger partial charge in [-0.1, -0.05) is 6.07 Å². The molecule has 4 aromatic rings. The molecule has 0 saturated heterocycles. The van der Waals surface area contributed by atoms with E-state index in [4.69, 9.17) is 5.10 Å². The lowest BCUT2D eigenvalue weighted by Crippen LogP contribution is -2.28. The average molecular weight is 315 g/mol. The molecule has 1 aliphatic rings. The third kappa shape index (κ3) is 2.06. The predicted molar refractivity (Wildman–Crippen MR) is 94.5 cm³/mol. The number of benzene rings is 1. The van der Waals surface area contributed by atoms with E-state index in [0.717, 1.165) is 36.4 Å². The number of pyridine rings is 1. The largest absolute Gasteiger partial charge is 0.361 e. The first-order valence-electron chi connectivity index (χ1n) is 8.18. The highest BCUT2D eigenvalue weighted by Crippen LogP contribution is 2.36. The Kier molecular flexibility index (Phi) is 2.99. The Morgan fingerprint density at radius 1 is 1.00 bits per heavy atom. The van der Waals surface area contributed by atoms with E-state index >= 15 is 0 Å². The topological polar surface area (TPSA) is 58.5 Å². The van der Waals surface area contributed by atoms with Gasteiger partial charge in [0.05, 0.1) is 12.2 Å². The molecule has 0 amide bonds. The van der Waals surface area contributed by atoms with E-state index in [9.17, 15) is 0 Å². The molecule has 0 saturated carbocycles. The Bertz CT molecular complexity index is 1010. The number of nitrogens with one attached hydrogen (secondary N) is 2. The molecular weight excluding hydrogens is 298 g/mol. The van der Waals surface area contributed by atoms with E-state index in [1.807, 2.05) is 18.6 Å². The maximum absolute atomic E-state index is 4.93. The first-order chi connectivity index (χ1) is 11.9. The molecule has 4 heterocycles. The van der Waals surface area contributed by atoms with E-state index in [1.54, 1.807) is 0 Å². The summed E-state index contributed by atoms with van der Waals surface area (Å²) in [6.45, 7) is 2.71. The first-order valence-corrected chi connectivity index (χ1v) is 8.18. The molecule has 1 aromatic carbocycles. The van der Waals surface area contributed by atoms with Gasteiger partial charge in [0.25, 0.3) is 0 Å². The molecule has 0 fully saturated rings. The van der Waals surface area contributed by atoms with Gasteiger partial charge in [-0.15, -0.1) is 0 Å². The van der Waals surface area contributed by atoms with Crippen LogP contribution in [0.2, 0.25) is 0 Å². The standard InChI is InChI=1S/C19H17N5/c1-2-16-14(5-8-22-16)11-15(1)19-18(13-3-6-20-7-4-13)17-12-21-9-10-24(17)23-19/h1-8,11,21-22H,9-10,12H2. The Hall–Kier alpha value is -2.92. The van der Waals surface area contributed by atoms with Crippen LogP contribution < -0.4 is 5.32 Å². The number of hydrogen-bond acceptors (Lipinski definition) is 3. The highest BCUT2D eigenvalue weighted by molar-refractivity contribution is 5.89. The zero-order valence-corrected chi connectivity index (χ0v) is 13.2. The van der Waals surface area contributed by atoms with Crippen LogP contribution in [-0.4, -0.2) is 26.3 Å². The second-order valence-corrected chi connectivity index (χ2v) is 6.09. The zero-order chi connectivity index (χ0) is 15.9. The molecule has 0 bridgehead atoms. The van der Waals surface area contributed by atoms with Gasteiger partial charge in [-0.25, -0.2) is 0 Å². The third-order valence-electron chi connectivity index (χ3n) is 4.65. The van der Waals surface area contributed by atoms with E-state index in [0.29, 0.717) is 0 Å². The van der Waals surface area contributed by atoms with Crippen molar-refractivity contribution in [2.45, 2.75) is 13.1 Å². The van der Waals surface area contributed by atoms with Crippen molar-refractivity contribution in [3.05, 3.63) is 60.7 Å². The van der Waals surface area contributed by atoms with Crippen LogP contribution in [0.1, 0.15) is 5.69 Å². The number of rotatable bonds is 2. The number of fused-ring (bicyclic) bond motifs is 2. The molecule has 24 heavy (non-hydrogen) atoms. The van der Waals surface area contributed by atoms with E-state index in [2.05, 4.69) is 56.4 Å². The maximum Gasteiger partial charge on any atom is 0.100 e. The van der Waals surface area contributed by atoms with Crippen LogP contribution in [0.25, 0.3) is 33.3 Å². The number of aromatic nitrogens is 4. The summed E-state index contributed by atoms with van der Waals surface area (Å²) in [6.07, 6.45) is 5.66. The summed E-state index contributed by atoms with van der Waals surface area (Å²) in [5.41, 5.74) is 6.96. The van der Waals surface area contributed by atoms with Gasteiger partial charge in [-0.2, -0.15) is 5.10 Å².